The summed E-state index contributed by atoms with van der Waals surface area (Å²) in [7, 11) is 0. The maximum atomic E-state index is 12.3. The number of anilines is 1. The highest BCUT2D eigenvalue weighted by molar-refractivity contribution is 6.01. The van der Waals surface area contributed by atoms with Gasteiger partial charge in [-0.1, -0.05) is 24.4 Å². The molecule has 2 saturated carbocycles. The van der Waals surface area contributed by atoms with Gasteiger partial charge >= 0.3 is 0 Å². The Balaban J connectivity index is 1.46. The van der Waals surface area contributed by atoms with Crippen LogP contribution in [0.15, 0.2) is 12.3 Å². The molecule has 0 radical (unpaired) electrons. The highest BCUT2D eigenvalue weighted by Gasteiger charge is 2.28. The lowest BCUT2D eigenvalue weighted by molar-refractivity contribution is 0.101. The van der Waals surface area contributed by atoms with E-state index in [4.69, 9.17) is 0 Å². The van der Waals surface area contributed by atoms with Crippen molar-refractivity contribution >= 4 is 11.9 Å². The summed E-state index contributed by atoms with van der Waals surface area (Å²) in [6.07, 6.45) is 10.1. The number of nitrogens with one attached hydrogen (secondary N) is 1. The van der Waals surface area contributed by atoms with Crippen LogP contribution in [-0.2, 0) is 0 Å². The Morgan fingerprint density at radius 1 is 1.14 bits per heavy atom. The minimum Gasteiger partial charge on any atom is -0.288 e. The van der Waals surface area contributed by atoms with Crippen molar-refractivity contribution in [2.45, 2.75) is 57.0 Å². The normalized spacial score (nSPS) is 19.3. The first kappa shape index (κ1) is 13.4. The topological polar surface area (TPSA) is 90.5 Å². The second-order valence-electron chi connectivity index (χ2n) is 6.11. The largest absolute Gasteiger partial charge is 0.288 e. The average Bonchev–Trinajstić information content (AvgIpc) is 3.09. The Morgan fingerprint density at radius 3 is 2.73 bits per heavy atom. The van der Waals surface area contributed by atoms with E-state index in [1.807, 2.05) is 10.9 Å². The summed E-state index contributed by atoms with van der Waals surface area (Å²) in [4.78, 5) is 12.3. The van der Waals surface area contributed by atoms with Crippen LogP contribution in [0.2, 0.25) is 0 Å². The highest BCUT2D eigenvalue weighted by atomic mass is 16.2. The van der Waals surface area contributed by atoms with Crippen LogP contribution in [0.25, 0.3) is 0 Å². The molecule has 2 heterocycles. The summed E-state index contributed by atoms with van der Waals surface area (Å²) < 4.78 is 3.61. The van der Waals surface area contributed by atoms with E-state index in [1.165, 1.54) is 19.3 Å². The van der Waals surface area contributed by atoms with E-state index in [1.54, 1.807) is 10.7 Å². The number of aromatic nitrogens is 6. The zero-order valence-electron chi connectivity index (χ0n) is 12.4. The molecule has 0 atom stereocenters. The van der Waals surface area contributed by atoms with Crippen LogP contribution < -0.4 is 5.32 Å². The van der Waals surface area contributed by atoms with Crippen LogP contribution in [0.5, 0.6) is 0 Å². The molecule has 0 spiro atoms. The number of tetrazole rings is 1. The van der Waals surface area contributed by atoms with Gasteiger partial charge in [-0.05, 0) is 42.2 Å². The predicted octanol–water partition coefficient (Wildman–Crippen LogP) is 1.96. The van der Waals surface area contributed by atoms with Gasteiger partial charge in [0.15, 0.2) is 5.69 Å². The third-order valence-corrected chi connectivity index (χ3v) is 4.40. The molecule has 1 N–H and O–H groups in total. The van der Waals surface area contributed by atoms with Crippen molar-refractivity contribution in [3.63, 3.8) is 0 Å². The van der Waals surface area contributed by atoms with E-state index >= 15 is 0 Å². The number of rotatable bonds is 4. The maximum Gasteiger partial charge on any atom is 0.278 e. The van der Waals surface area contributed by atoms with Gasteiger partial charge in [-0.2, -0.15) is 5.10 Å². The fourth-order valence-electron chi connectivity index (χ4n) is 3.01. The minimum atomic E-state index is -0.258. The summed E-state index contributed by atoms with van der Waals surface area (Å²) in [5.41, 5.74) is 0.413. The van der Waals surface area contributed by atoms with E-state index < -0.39 is 0 Å². The fraction of sp³-hybridized carbons (Fsp3) is 0.643. The Kier molecular flexibility index (Phi) is 3.36. The number of amides is 1. The van der Waals surface area contributed by atoms with Gasteiger partial charge in [0, 0.05) is 6.20 Å². The third-order valence-electron chi connectivity index (χ3n) is 4.40. The summed E-state index contributed by atoms with van der Waals surface area (Å²) in [5.74, 6) is 0.144. The van der Waals surface area contributed by atoms with Gasteiger partial charge in [0.2, 0.25) is 5.95 Å². The molecule has 2 aliphatic rings. The van der Waals surface area contributed by atoms with Gasteiger partial charge in [0.05, 0.1) is 12.1 Å². The quantitative estimate of drug-likeness (QED) is 0.932. The van der Waals surface area contributed by atoms with Crippen LogP contribution in [-0.4, -0.2) is 35.9 Å². The molecule has 2 aliphatic carbocycles. The minimum absolute atomic E-state index is 0.258. The number of hydrogen-bond acceptors (Lipinski definition) is 5. The molecular formula is C14H19N7O. The van der Waals surface area contributed by atoms with Gasteiger partial charge in [0.1, 0.15) is 0 Å². The molecule has 8 heteroatoms. The molecule has 0 saturated heterocycles. The maximum absolute atomic E-state index is 12.3. The first-order chi connectivity index (χ1) is 10.8. The molecule has 1 amide bonds. The Morgan fingerprint density at radius 2 is 1.95 bits per heavy atom. The van der Waals surface area contributed by atoms with Crippen LogP contribution in [0.4, 0.5) is 5.95 Å². The van der Waals surface area contributed by atoms with Crippen LogP contribution in [0.1, 0.15) is 67.5 Å². The zero-order chi connectivity index (χ0) is 14.9. The van der Waals surface area contributed by atoms with Gasteiger partial charge in [-0.25, -0.2) is 4.68 Å². The van der Waals surface area contributed by atoms with Gasteiger partial charge < -0.3 is 0 Å². The summed E-state index contributed by atoms with van der Waals surface area (Å²) >= 11 is 0. The number of nitrogens with zero attached hydrogens (tertiary/aromatic N) is 6. The van der Waals surface area contributed by atoms with Crippen molar-refractivity contribution in [2.75, 3.05) is 5.32 Å². The van der Waals surface area contributed by atoms with Gasteiger partial charge in [-0.3, -0.25) is 14.8 Å². The van der Waals surface area contributed by atoms with Crippen molar-refractivity contribution < 1.29 is 4.79 Å². The van der Waals surface area contributed by atoms with Crippen molar-refractivity contribution in [1.82, 2.24) is 30.0 Å². The van der Waals surface area contributed by atoms with Crippen LogP contribution in [0, 0.1) is 0 Å². The van der Waals surface area contributed by atoms with Crippen molar-refractivity contribution in [1.29, 1.82) is 0 Å². The second-order valence-corrected chi connectivity index (χ2v) is 6.11. The number of carbonyl (C=O) groups excluding carboxylic acids is 1. The van der Waals surface area contributed by atoms with Crippen LogP contribution in [0.3, 0.4) is 0 Å². The lowest BCUT2D eigenvalue weighted by Crippen LogP contribution is -2.18. The summed E-state index contributed by atoms with van der Waals surface area (Å²) in [5, 5.41) is 18.6. The van der Waals surface area contributed by atoms with Crippen molar-refractivity contribution in [2.24, 2.45) is 0 Å². The molecule has 0 unspecified atom stereocenters. The molecule has 0 aromatic carbocycles. The molecular weight excluding hydrogens is 282 g/mol. The molecule has 4 rings (SSSR count). The first-order valence-corrected chi connectivity index (χ1v) is 7.95. The Bertz CT molecular complexity index is 666. The molecule has 0 aliphatic heterocycles. The molecule has 8 nitrogen and oxygen atoms in total. The number of carbonyl (C=O) groups is 1. The van der Waals surface area contributed by atoms with Gasteiger partial charge in [0.25, 0.3) is 5.91 Å². The first-order valence-electron chi connectivity index (χ1n) is 7.95. The second kappa shape index (κ2) is 5.51. The molecule has 22 heavy (non-hydrogen) atoms. The lowest BCUT2D eigenvalue weighted by atomic mass is 9.96. The van der Waals surface area contributed by atoms with E-state index in [0.717, 1.165) is 25.7 Å². The van der Waals surface area contributed by atoms with E-state index in [0.29, 0.717) is 23.7 Å². The average molecular weight is 301 g/mol. The summed E-state index contributed by atoms with van der Waals surface area (Å²) in [6.45, 7) is 0. The number of hydrogen-bond donors (Lipinski definition) is 1. The van der Waals surface area contributed by atoms with E-state index in [9.17, 15) is 4.79 Å². The summed E-state index contributed by atoms with van der Waals surface area (Å²) in [6, 6.07) is 2.51. The zero-order valence-corrected chi connectivity index (χ0v) is 12.4. The standard InChI is InChI=1S/C14H19N7O/c22-13(15-14-16-18-19-21(14)11-6-7-11)12-8-9-20(17-12)10-4-2-1-3-5-10/h8-11H,1-7H2,(H,15,16,19,22). The molecule has 2 fully saturated rings. The van der Waals surface area contributed by atoms with Gasteiger partial charge in [-0.15, -0.1) is 0 Å². The van der Waals surface area contributed by atoms with Crippen molar-refractivity contribution in [3.05, 3.63) is 18.0 Å². The molecule has 2 aromatic rings. The monoisotopic (exact) mass is 301 g/mol. The van der Waals surface area contributed by atoms with Crippen molar-refractivity contribution in [3.8, 4) is 0 Å². The third kappa shape index (κ3) is 2.60. The Hall–Kier alpha value is -2.25. The molecule has 2 aromatic heterocycles. The molecule has 0 bridgehead atoms. The fourth-order valence-corrected chi connectivity index (χ4v) is 3.01. The van der Waals surface area contributed by atoms with Crippen LogP contribution >= 0.6 is 0 Å². The SMILES string of the molecule is O=C(Nc1nnnn1C1CC1)c1ccn(C2CCCCC2)n1. The van der Waals surface area contributed by atoms with E-state index in [2.05, 4.69) is 25.9 Å². The Labute approximate surface area is 127 Å². The molecule has 116 valence electrons. The lowest BCUT2D eigenvalue weighted by Gasteiger charge is -2.21. The van der Waals surface area contributed by atoms with E-state index in [-0.39, 0.29) is 5.91 Å². The highest BCUT2D eigenvalue weighted by Crippen LogP contribution is 2.35. The predicted molar refractivity (Wildman–Crippen MR) is 78.4 cm³/mol. The smallest absolute Gasteiger partial charge is 0.278 e.